The first kappa shape index (κ1) is 13.2. The van der Waals surface area contributed by atoms with E-state index in [9.17, 15) is 5.11 Å². The van der Waals surface area contributed by atoms with Gasteiger partial charge in [0.25, 0.3) is 0 Å². The van der Waals surface area contributed by atoms with Gasteiger partial charge in [-0.3, -0.25) is 0 Å². The molecule has 2 atom stereocenters. The minimum Gasteiger partial charge on any atom is -0.391 e. The van der Waals surface area contributed by atoms with Crippen molar-refractivity contribution < 1.29 is 5.11 Å². The zero-order chi connectivity index (χ0) is 12.1. The molecule has 0 saturated carbocycles. The Labute approximate surface area is 98.5 Å². The van der Waals surface area contributed by atoms with E-state index >= 15 is 0 Å². The Balaban J connectivity index is 2.56. The third kappa shape index (κ3) is 3.95. The number of nitrogens with two attached hydrogens (primary N) is 1. The standard InChI is InChI=1S/C14H23NO/c1-10(2)4-9-13(16)14(15)12-7-5-11(3)6-8-12/h5-8,10,13-14,16H,4,9,15H2,1-3H3/t13-,14+/m0/s1. The first-order valence-electron chi connectivity index (χ1n) is 6.01. The predicted molar refractivity (Wildman–Crippen MR) is 68.2 cm³/mol. The third-order valence-electron chi connectivity index (χ3n) is 2.92. The lowest BCUT2D eigenvalue weighted by molar-refractivity contribution is 0.128. The summed E-state index contributed by atoms with van der Waals surface area (Å²) in [6, 6.07) is 7.80. The highest BCUT2D eigenvalue weighted by Gasteiger charge is 2.16. The Kier molecular flexibility index (Phi) is 4.97. The van der Waals surface area contributed by atoms with Gasteiger partial charge in [-0.25, -0.2) is 0 Å². The van der Waals surface area contributed by atoms with Crippen molar-refractivity contribution in [3.05, 3.63) is 35.4 Å². The van der Waals surface area contributed by atoms with Gasteiger partial charge >= 0.3 is 0 Å². The number of aliphatic hydroxyl groups is 1. The van der Waals surface area contributed by atoms with E-state index in [4.69, 9.17) is 5.73 Å². The Morgan fingerprint density at radius 1 is 1.12 bits per heavy atom. The number of rotatable bonds is 5. The van der Waals surface area contributed by atoms with Crippen LogP contribution in [0.4, 0.5) is 0 Å². The number of aryl methyl sites for hydroxylation is 1. The summed E-state index contributed by atoms with van der Waals surface area (Å²) in [4.78, 5) is 0. The maximum atomic E-state index is 9.96. The molecule has 2 heteroatoms. The summed E-state index contributed by atoms with van der Waals surface area (Å²) in [5.74, 6) is 0.611. The second-order valence-corrected chi connectivity index (χ2v) is 4.98. The number of benzene rings is 1. The van der Waals surface area contributed by atoms with Crippen molar-refractivity contribution in [2.24, 2.45) is 11.7 Å². The van der Waals surface area contributed by atoms with E-state index in [1.54, 1.807) is 0 Å². The van der Waals surface area contributed by atoms with E-state index in [2.05, 4.69) is 13.8 Å². The molecule has 0 unspecified atom stereocenters. The summed E-state index contributed by atoms with van der Waals surface area (Å²) in [6.07, 6.45) is 1.35. The van der Waals surface area contributed by atoms with E-state index < -0.39 is 6.10 Å². The summed E-state index contributed by atoms with van der Waals surface area (Å²) in [6.45, 7) is 6.36. The molecule has 0 amide bonds. The highest BCUT2D eigenvalue weighted by molar-refractivity contribution is 5.24. The summed E-state index contributed by atoms with van der Waals surface area (Å²) >= 11 is 0. The highest BCUT2D eigenvalue weighted by Crippen LogP contribution is 2.19. The maximum Gasteiger partial charge on any atom is 0.0732 e. The molecule has 0 aliphatic carbocycles. The lowest BCUT2D eigenvalue weighted by atomic mass is 9.95. The molecular weight excluding hydrogens is 198 g/mol. The van der Waals surface area contributed by atoms with Crippen molar-refractivity contribution in [1.82, 2.24) is 0 Å². The lowest BCUT2D eigenvalue weighted by Crippen LogP contribution is -2.26. The summed E-state index contributed by atoms with van der Waals surface area (Å²) < 4.78 is 0. The lowest BCUT2D eigenvalue weighted by Gasteiger charge is -2.20. The van der Waals surface area contributed by atoms with Gasteiger partial charge in [-0.05, 0) is 31.2 Å². The summed E-state index contributed by atoms with van der Waals surface area (Å²) in [5.41, 5.74) is 8.26. The first-order chi connectivity index (χ1) is 7.50. The third-order valence-corrected chi connectivity index (χ3v) is 2.92. The monoisotopic (exact) mass is 221 g/mol. The van der Waals surface area contributed by atoms with Gasteiger partial charge in [0.1, 0.15) is 0 Å². The van der Waals surface area contributed by atoms with E-state index in [1.807, 2.05) is 31.2 Å². The molecule has 1 rings (SSSR count). The zero-order valence-electron chi connectivity index (χ0n) is 10.5. The van der Waals surface area contributed by atoms with Gasteiger partial charge in [-0.1, -0.05) is 43.7 Å². The molecule has 0 spiro atoms. The molecule has 3 N–H and O–H groups in total. The molecule has 0 aliphatic heterocycles. The van der Waals surface area contributed by atoms with Crippen LogP contribution in [0.1, 0.15) is 43.9 Å². The van der Waals surface area contributed by atoms with Crippen molar-refractivity contribution in [3.8, 4) is 0 Å². The van der Waals surface area contributed by atoms with Gasteiger partial charge in [-0.2, -0.15) is 0 Å². The van der Waals surface area contributed by atoms with Crippen LogP contribution in [-0.2, 0) is 0 Å². The molecule has 0 fully saturated rings. The molecule has 0 saturated heterocycles. The highest BCUT2D eigenvalue weighted by atomic mass is 16.3. The molecular formula is C14H23NO. The summed E-state index contributed by atoms with van der Waals surface area (Å²) in [5, 5.41) is 9.96. The number of hydrogen-bond acceptors (Lipinski definition) is 2. The fourth-order valence-electron chi connectivity index (χ4n) is 1.69. The van der Waals surface area contributed by atoms with Gasteiger partial charge in [0.2, 0.25) is 0 Å². The SMILES string of the molecule is Cc1ccc([C@@H](N)[C@@H](O)CCC(C)C)cc1. The molecule has 0 radical (unpaired) electrons. The minimum atomic E-state index is -0.440. The van der Waals surface area contributed by atoms with Crippen molar-refractivity contribution in [2.75, 3.05) is 0 Å². The molecule has 90 valence electrons. The Hall–Kier alpha value is -0.860. The maximum absolute atomic E-state index is 9.96. The second kappa shape index (κ2) is 6.02. The fourth-order valence-corrected chi connectivity index (χ4v) is 1.69. The zero-order valence-corrected chi connectivity index (χ0v) is 10.5. The van der Waals surface area contributed by atoms with Gasteiger partial charge in [0, 0.05) is 0 Å². The van der Waals surface area contributed by atoms with Gasteiger partial charge < -0.3 is 10.8 Å². The second-order valence-electron chi connectivity index (χ2n) is 4.98. The van der Waals surface area contributed by atoms with Crippen molar-refractivity contribution in [3.63, 3.8) is 0 Å². The van der Waals surface area contributed by atoms with Crippen LogP contribution in [0.2, 0.25) is 0 Å². The average Bonchev–Trinajstić information content (AvgIpc) is 2.26. The molecule has 0 aromatic heterocycles. The fraction of sp³-hybridized carbons (Fsp3) is 0.571. The van der Waals surface area contributed by atoms with Crippen LogP contribution in [-0.4, -0.2) is 11.2 Å². The molecule has 1 aromatic carbocycles. The Morgan fingerprint density at radius 2 is 1.69 bits per heavy atom. The van der Waals surface area contributed by atoms with Crippen molar-refractivity contribution in [1.29, 1.82) is 0 Å². The predicted octanol–water partition coefficient (Wildman–Crippen LogP) is 2.79. The van der Waals surface area contributed by atoms with Gasteiger partial charge in [-0.15, -0.1) is 0 Å². The molecule has 16 heavy (non-hydrogen) atoms. The Morgan fingerprint density at radius 3 is 2.19 bits per heavy atom. The molecule has 2 nitrogen and oxygen atoms in total. The quantitative estimate of drug-likeness (QED) is 0.803. The van der Waals surface area contributed by atoms with Gasteiger partial charge in [0.05, 0.1) is 12.1 Å². The molecule has 0 heterocycles. The average molecular weight is 221 g/mol. The van der Waals surface area contributed by atoms with Crippen LogP contribution < -0.4 is 5.73 Å². The molecule has 1 aromatic rings. The minimum absolute atomic E-state index is 0.264. The van der Waals surface area contributed by atoms with Crippen molar-refractivity contribution in [2.45, 2.75) is 45.8 Å². The normalized spacial score (nSPS) is 15.1. The van der Waals surface area contributed by atoms with Crippen LogP contribution >= 0.6 is 0 Å². The van der Waals surface area contributed by atoms with Crippen LogP contribution in [0.3, 0.4) is 0 Å². The Bertz CT molecular complexity index is 305. The van der Waals surface area contributed by atoms with E-state index in [1.165, 1.54) is 5.56 Å². The first-order valence-corrected chi connectivity index (χ1v) is 6.01. The summed E-state index contributed by atoms with van der Waals surface area (Å²) in [7, 11) is 0. The van der Waals surface area contributed by atoms with Crippen LogP contribution in [0, 0.1) is 12.8 Å². The van der Waals surface area contributed by atoms with E-state index in [0.717, 1.165) is 18.4 Å². The topological polar surface area (TPSA) is 46.2 Å². The van der Waals surface area contributed by atoms with E-state index in [-0.39, 0.29) is 6.04 Å². The van der Waals surface area contributed by atoms with Crippen LogP contribution in [0.5, 0.6) is 0 Å². The molecule has 0 bridgehead atoms. The van der Waals surface area contributed by atoms with Crippen molar-refractivity contribution >= 4 is 0 Å². The van der Waals surface area contributed by atoms with Gasteiger partial charge in [0.15, 0.2) is 0 Å². The van der Waals surface area contributed by atoms with E-state index in [0.29, 0.717) is 5.92 Å². The van der Waals surface area contributed by atoms with Crippen LogP contribution in [0.25, 0.3) is 0 Å². The molecule has 0 aliphatic rings. The largest absolute Gasteiger partial charge is 0.391 e. The smallest absolute Gasteiger partial charge is 0.0732 e. The number of hydrogen-bond donors (Lipinski definition) is 2. The number of aliphatic hydroxyl groups excluding tert-OH is 1. The van der Waals surface area contributed by atoms with Crippen LogP contribution in [0.15, 0.2) is 24.3 Å².